The highest BCUT2D eigenvalue weighted by atomic mass is 16.6. The highest BCUT2D eigenvalue weighted by molar-refractivity contribution is 5.67. The summed E-state index contributed by atoms with van der Waals surface area (Å²) in [5.41, 5.74) is 0.952. The number of alkyl carbamates (subject to hydrolysis) is 1. The van der Waals surface area contributed by atoms with E-state index < -0.39 is 6.09 Å². The van der Waals surface area contributed by atoms with Crippen LogP contribution < -0.4 is 5.32 Å². The molecule has 0 aliphatic carbocycles. The number of rotatable bonds is 17. The Morgan fingerprint density at radius 1 is 0.893 bits per heavy atom. The summed E-state index contributed by atoms with van der Waals surface area (Å²) in [6, 6.07) is 9.54. The molecular formula is C21H35NO6. The zero-order chi connectivity index (χ0) is 20.3. The van der Waals surface area contributed by atoms with Crippen LogP contribution in [-0.2, 0) is 30.3 Å². The third-order valence-corrected chi connectivity index (χ3v) is 3.94. The van der Waals surface area contributed by atoms with Gasteiger partial charge in [-0.3, -0.25) is 0 Å². The topological polar surface area (TPSA) is 75.3 Å². The molecular weight excluding hydrogens is 362 g/mol. The van der Waals surface area contributed by atoms with Gasteiger partial charge in [0.25, 0.3) is 0 Å². The molecule has 0 heterocycles. The van der Waals surface area contributed by atoms with Gasteiger partial charge in [0.05, 0.1) is 46.2 Å². The van der Waals surface area contributed by atoms with Crippen molar-refractivity contribution in [3.05, 3.63) is 35.9 Å². The summed E-state index contributed by atoms with van der Waals surface area (Å²) in [5, 5.41) is 2.64. The molecule has 1 aromatic rings. The van der Waals surface area contributed by atoms with Crippen LogP contribution in [0.5, 0.6) is 0 Å². The molecule has 0 aliphatic heterocycles. The zero-order valence-corrected chi connectivity index (χ0v) is 17.2. The average molecular weight is 398 g/mol. The van der Waals surface area contributed by atoms with Crippen molar-refractivity contribution in [1.29, 1.82) is 0 Å². The molecule has 0 bridgehead atoms. The first-order chi connectivity index (χ1) is 13.7. The predicted molar refractivity (Wildman–Crippen MR) is 107 cm³/mol. The van der Waals surface area contributed by atoms with Gasteiger partial charge in [-0.1, -0.05) is 50.6 Å². The van der Waals surface area contributed by atoms with E-state index in [4.69, 9.17) is 23.7 Å². The van der Waals surface area contributed by atoms with E-state index in [1.165, 1.54) is 0 Å². The Morgan fingerprint density at radius 2 is 1.46 bits per heavy atom. The SMILES string of the molecule is CCC(C)COCCOCCOCCOCCNC(=O)OCc1ccccc1. The van der Waals surface area contributed by atoms with E-state index in [0.717, 1.165) is 18.6 Å². The maximum atomic E-state index is 11.5. The Hall–Kier alpha value is -1.67. The van der Waals surface area contributed by atoms with Crippen molar-refractivity contribution >= 4 is 6.09 Å². The predicted octanol–water partition coefficient (Wildman–Crippen LogP) is 3.03. The molecule has 0 saturated heterocycles. The van der Waals surface area contributed by atoms with E-state index in [1.54, 1.807) is 0 Å². The number of ether oxygens (including phenoxy) is 5. The molecule has 0 aromatic heterocycles. The van der Waals surface area contributed by atoms with Gasteiger partial charge in [0.15, 0.2) is 0 Å². The molecule has 1 atom stereocenters. The first-order valence-corrected chi connectivity index (χ1v) is 9.98. The van der Waals surface area contributed by atoms with Crippen molar-refractivity contribution in [3.63, 3.8) is 0 Å². The van der Waals surface area contributed by atoms with Crippen molar-refractivity contribution < 1.29 is 28.5 Å². The van der Waals surface area contributed by atoms with Gasteiger partial charge in [0.1, 0.15) is 6.61 Å². The lowest BCUT2D eigenvalue weighted by Crippen LogP contribution is -2.28. The van der Waals surface area contributed by atoms with Crippen LogP contribution in [0.4, 0.5) is 4.79 Å². The first-order valence-electron chi connectivity index (χ1n) is 9.98. The van der Waals surface area contributed by atoms with Crippen LogP contribution in [-0.4, -0.2) is 65.5 Å². The van der Waals surface area contributed by atoms with Gasteiger partial charge in [-0.2, -0.15) is 0 Å². The molecule has 1 rings (SSSR count). The Labute approximate surface area is 168 Å². The van der Waals surface area contributed by atoms with Crippen molar-refractivity contribution in [2.24, 2.45) is 5.92 Å². The molecule has 7 heteroatoms. The van der Waals surface area contributed by atoms with E-state index in [-0.39, 0.29) is 6.61 Å². The molecule has 0 spiro atoms. The molecule has 0 aliphatic rings. The fourth-order valence-corrected chi connectivity index (χ4v) is 2.06. The number of hydrogen-bond acceptors (Lipinski definition) is 6. The fourth-order valence-electron chi connectivity index (χ4n) is 2.06. The molecule has 1 aromatic carbocycles. The molecule has 7 nitrogen and oxygen atoms in total. The second kappa shape index (κ2) is 17.4. The summed E-state index contributed by atoms with van der Waals surface area (Å²) in [4.78, 5) is 11.5. The Morgan fingerprint density at radius 3 is 2.07 bits per heavy atom. The lowest BCUT2D eigenvalue weighted by atomic mass is 10.1. The molecule has 1 unspecified atom stereocenters. The van der Waals surface area contributed by atoms with Gasteiger partial charge in [0.2, 0.25) is 0 Å². The normalized spacial score (nSPS) is 11.9. The second-order valence-electron chi connectivity index (χ2n) is 6.41. The fraction of sp³-hybridized carbons (Fsp3) is 0.667. The minimum absolute atomic E-state index is 0.257. The van der Waals surface area contributed by atoms with E-state index in [0.29, 0.717) is 58.7 Å². The largest absolute Gasteiger partial charge is 0.445 e. The van der Waals surface area contributed by atoms with Crippen molar-refractivity contribution in [2.75, 3.05) is 59.4 Å². The summed E-state index contributed by atoms with van der Waals surface area (Å²) in [6.07, 6.45) is 0.680. The molecule has 1 N–H and O–H groups in total. The number of nitrogens with one attached hydrogen (secondary N) is 1. The van der Waals surface area contributed by atoms with Gasteiger partial charge in [-0.15, -0.1) is 0 Å². The van der Waals surface area contributed by atoms with Crippen molar-refractivity contribution in [1.82, 2.24) is 5.32 Å². The number of amides is 1. The quantitative estimate of drug-likeness (QED) is 0.407. The van der Waals surface area contributed by atoms with E-state index in [2.05, 4.69) is 19.2 Å². The van der Waals surface area contributed by atoms with Gasteiger partial charge in [0, 0.05) is 13.2 Å². The summed E-state index contributed by atoms with van der Waals surface area (Å²) in [6.45, 7) is 9.41. The van der Waals surface area contributed by atoms with Crippen LogP contribution in [0, 0.1) is 5.92 Å². The Bertz CT molecular complexity index is 485. The van der Waals surface area contributed by atoms with Crippen LogP contribution in [0.25, 0.3) is 0 Å². The van der Waals surface area contributed by atoms with Crippen LogP contribution in [0.15, 0.2) is 30.3 Å². The van der Waals surface area contributed by atoms with E-state index >= 15 is 0 Å². The minimum Gasteiger partial charge on any atom is -0.445 e. The standard InChI is InChI=1S/C21H35NO6/c1-3-19(2)17-27-16-15-26-14-13-25-12-11-24-10-9-22-21(23)28-18-20-7-5-4-6-8-20/h4-8,19H,3,9-18H2,1-2H3,(H,22,23). The van der Waals surface area contributed by atoms with Gasteiger partial charge >= 0.3 is 6.09 Å². The summed E-state index contributed by atoms with van der Waals surface area (Å²) >= 11 is 0. The van der Waals surface area contributed by atoms with Crippen LogP contribution in [0.3, 0.4) is 0 Å². The second-order valence-corrected chi connectivity index (χ2v) is 6.41. The number of carbonyl (C=O) groups excluding carboxylic acids is 1. The van der Waals surface area contributed by atoms with Gasteiger partial charge in [-0.05, 0) is 11.5 Å². The first kappa shape index (κ1) is 24.4. The van der Waals surface area contributed by atoms with Crippen molar-refractivity contribution in [2.45, 2.75) is 26.9 Å². The Kier molecular flexibility index (Phi) is 15.2. The van der Waals surface area contributed by atoms with E-state index in [9.17, 15) is 4.79 Å². The number of hydrogen-bond donors (Lipinski definition) is 1. The third-order valence-electron chi connectivity index (χ3n) is 3.94. The average Bonchev–Trinajstić information content (AvgIpc) is 2.73. The smallest absolute Gasteiger partial charge is 0.407 e. The maximum Gasteiger partial charge on any atom is 0.407 e. The van der Waals surface area contributed by atoms with Crippen molar-refractivity contribution in [3.8, 4) is 0 Å². The number of carbonyl (C=O) groups is 1. The molecule has 28 heavy (non-hydrogen) atoms. The van der Waals surface area contributed by atoms with Gasteiger partial charge in [-0.25, -0.2) is 4.79 Å². The summed E-state index contributed by atoms with van der Waals surface area (Å²) in [7, 11) is 0. The number of benzene rings is 1. The summed E-state index contributed by atoms with van der Waals surface area (Å²) in [5.74, 6) is 0.596. The monoisotopic (exact) mass is 397 g/mol. The van der Waals surface area contributed by atoms with Gasteiger partial charge < -0.3 is 29.0 Å². The summed E-state index contributed by atoms with van der Waals surface area (Å²) < 4.78 is 26.8. The Balaban J connectivity index is 1.77. The van der Waals surface area contributed by atoms with Crippen LogP contribution in [0.2, 0.25) is 0 Å². The molecule has 0 saturated carbocycles. The third kappa shape index (κ3) is 14.4. The molecule has 0 fully saturated rings. The van der Waals surface area contributed by atoms with Crippen LogP contribution in [0.1, 0.15) is 25.8 Å². The maximum absolute atomic E-state index is 11.5. The lowest BCUT2D eigenvalue weighted by molar-refractivity contribution is -0.00505. The molecule has 160 valence electrons. The van der Waals surface area contributed by atoms with E-state index in [1.807, 2.05) is 30.3 Å². The zero-order valence-electron chi connectivity index (χ0n) is 17.2. The molecule has 0 radical (unpaired) electrons. The van der Waals surface area contributed by atoms with Crippen LogP contribution >= 0.6 is 0 Å². The lowest BCUT2D eigenvalue weighted by Gasteiger charge is -2.10. The highest BCUT2D eigenvalue weighted by Gasteiger charge is 2.01. The minimum atomic E-state index is -0.450. The molecule has 1 amide bonds. The highest BCUT2D eigenvalue weighted by Crippen LogP contribution is 2.00.